The number of aryl methyl sites for hydroxylation is 2. The highest BCUT2D eigenvalue weighted by Gasteiger charge is 2.57. The monoisotopic (exact) mass is 657 g/mol. The molecule has 45 heavy (non-hydrogen) atoms. The molecule has 1 fully saturated rings. The number of nitrogens with zero attached hydrogens (tertiary/aromatic N) is 4. The average molecular weight is 658 g/mol. The standard InChI is InChI=1S/C29H36N8O6S2/c1-29(2)25(27(39)37(29)43-45-40-4)34-26(38)24(21-16-44-28(31)33-21)35-41-15-20-8-5-18-13-17(6-9-22(18)42-20)19-7-10-23(32-12-11-30)36(3)14-19/h6-7,9-10,13-14,16,20,25H,5,8,11-12,15,30H2,1-4H3,(H3,31,33,34,38)/p+1/b35-24-. The van der Waals surface area contributed by atoms with Crippen LogP contribution in [0.3, 0.4) is 0 Å². The van der Waals surface area contributed by atoms with Crippen molar-refractivity contribution < 1.29 is 32.2 Å². The van der Waals surface area contributed by atoms with E-state index < -0.39 is 23.4 Å². The molecule has 1 saturated heterocycles. The molecule has 2 amide bonds. The van der Waals surface area contributed by atoms with E-state index in [-0.39, 0.29) is 29.2 Å². The highest BCUT2D eigenvalue weighted by molar-refractivity contribution is 7.89. The Kier molecular flexibility index (Phi) is 10.1. The fraction of sp³-hybridized carbons (Fsp3) is 0.414. The zero-order valence-corrected chi connectivity index (χ0v) is 27.1. The number of β-lactam (4-membered cyclic amide) rings is 1. The van der Waals surface area contributed by atoms with Gasteiger partial charge in [-0.2, -0.15) is 9.35 Å². The first kappa shape index (κ1) is 32.4. The first-order chi connectivity index (χ1) is 21.6. The Balaban J connectivity index is 1.22. The van der Waals surface area contributed by atoms with Crippen LogP contribution in [-0.2, 0) is 36.4 Å². The van der Waals surface area contributed by atoms with Gasteiger partial charge in [0.05, 0.1) is 32.4 Å². The summed E-state index contributed by atoms with van der Waals surface area (Å²) in [5, 5.41) is 13.1. The third kappa shape index (κ3) is 7.15. The number of thiazole rings is 1. The fourth-order valence-electron chi connectivity index (χ4n) is 5.08. The molecule has 0 spiro atoms. The van der Waals surface area contributed by atoms with Crippen LogP contribution in [-0.4, -0.2) is 72.1 Å². The zero-order chi connectivity index (χ0) is 32.1. The lowest BCUT2D eigenvalue weighted by Crippen LogP contribution is -2.76. The van der Waals surface area contributed by atoms with Gasteiger partial charge in [-0.05, 0) is 56.0 Å². The number of benzene rings is 1. The molecule has 2 unspecified atom stereocenters. The van der Waals surface area contributed by atoms with Gasteiger partial charge in [0.15, 0.2) is 29.8 Å². The van der Waals surface area contributed by atoms with E-state index in [0.717, 1.165) is 51.1 Å². The molecule has 6 N–H and O–H groups in total. The second-order valence-corrected chi connectivity index (χ2v) is 12.5. The molecular weight excluding hydrogens is 621 g/mol. The maximum Gasteiger partial charge on any atom is 0.276 e. The Morgan fingerprint density at radius 1 is 1.31 bits per heavy atom. The van der Waals surface area contributed by atoms with Gasteiger partial charge in [-0.3, -0.25) is 19.1 Å². The van der Waals surface area contributed by atoms with E-state index in [1.807, 2.05) is 29.8 Å². The molecule has 14 nitrogen and oxygen atoms in total. The van der Waals surface area contributed by atoms with Crippen LogP contribution in [0.1, 0.15) is 31.5 Å². The summed E-state index contributed by atoms with van der Waals surface area (Å²) < 4.78 is 18.3. The smallest absolute Gasteiger partial charge is 0.276 e. The Morgan fingerprint density at radius 3 is 2.80 bits per heavy atom. The van der Waals surface area contributed by atoms with Crippen molar-refractivity contribution in [2.24, 2.45) is 17.9 Å². The van der Waals surface area contributed by atoms with Gasteiger partial charge in [0.25, 0.3) is 17.6 Å². The SMILES string of the molecule is COSON1C(=O)C(NC(=O)/C(=N\OCC2CCc3cc(-c4ccc(NCCN)[n+](C)c4)ccc3O2)c2csc(N)n2)C1(C)C. The highest BCUT2D eigenvalue weighted by atomic mass is 32.2. The van der Waals surface area contributed by atoms with Crippen molar-refractivity contribution in [2.45, 2.75) is 44.4 Å². The Labute approximate surface area is 269 Å². The molecule has 2 aliphatic rings. The third-order valence-electron chi connectivity index (χ3n) is 7.53. The summed E-state index contributed by atoms with van der Waals surface area (Å²) in [5.74, 6) is 0.708. The molecule has 0 radical (unpaired) electrons. The lowest BCUT2D eigenvalue weighted by molar-refractivity contribution is -0.656. The predicted molar refractivity (Wildman–Crippen MR) is 171 cm³/mol. The van der Waals surface area contributed by atoms with Crippen LogP contribution in [0.4, 0.5) is 10.9 Å². The first-order valence-electron chi connectivity index (χ1n) is 14.3. The lowest BCUT2D eigenvalue weighted by Gasteiger charge is -2.50. The molecule has 2 atom stereocenters. The fourth-order valence-corrected chi connectivity index (χ4v) is 6.01. The van der Waals surface area contributed by atoms with Crippen molar-refractivity contribution in [3.63, 3.8) is 0 Å². The summed E-state index contributed by atoms with van der Waals surface area (Å²) in [4.78, 5) is 35.8. The van der Waals surface area contributed by atoms with E-state index in [1.54, 1.807) is 19.2 Å². The molecule has 3 aromatic rings. The quantitative estimate of drug-likeness (QED) is 0.0694. The minimum absolute atomic E-state index is 0.101. The molecule has 0 aliphatic carbocycles. The van der Waals surface area contributed by atoms with Crippen LogP contribution in [0.15, 0.2) is 47.1 Å². The number of hydrogen-bond acceptors (Lipinski definition) is 13. The number of nitrogens with two attached hydrogens (primary N) is 2. The van der Waals surface area contributed by atoms with Gasteiger partial charge in [0.2, 0.25) is 0 Å². The number of nitrogen functional groups attached to an aromatic ring is 1. The number of carbonyl (C=O) groups is 2. The van der Waals surface area contributed by atoms with E-state index >= 15 is 0 Å². The number of oxime groups is 1. The molecule has 240 valence electrons. The molecular formula is C29H37N8O6S2+. The summed E-state index contributed by atoms with van der Waals surface area (Å²) in [6.45, 7) is 4.88. The highest BCUT2D eigenvalue weighted by Crippen LogP contribution is 2.35. The summed E-state index contributed by atoms with van der Waals surface area (Å²) in [6.07, 6.45) is 3.29. The minimum atomic E-state index is -0.861. The molecule has 0 bridgehead atoms. The molecule has 4 heterocycles. The summed E-state index contributed by atoms with van der Waals surface area (Å²) >= 11 is 1.82. The summed E-state index contributed by atoms with van der Waals surface area (Å²) in [5.41, 5.74) is 14.0. The van der Waals surface area contributed by atoms with Gasteiger partial charge in [0.1, 0.15) is 23.6 Å². The number of pyridine rings is 1. The molecule has 2 aliphatic heterocycles. The maximum absolute atomic E-state index is 13.3. The van der Waals surface area contributed by atoms with Crippen LogP contribution in [0.2, 0.25) is 0 Å². The number of hydrogen-bond donors (Lipinski definition) is 4. The van der Waals surface area contributed by atoms with Gasteiger partial charge >= 0.3 is 0 Å². The van der Waals surface area contributed by atoms with Crippen LogP contribution >= 0.6 is 23.7 Å². The number of fused-ring (bicyclic) bond motifs is 1. The van der Waals surface area contributed by atoms with Crippen LogP contribution in [0.25, 0.3) is 11.1 Å². The van der Waals surface area contributed by atoms with Crippen LogP contribution in [0, 0.1) is 0 Å². The van der Waals surface area contributed by atoms with Crippen LogP contribution < -0.4 is 31.4 Å². The van der Waals surface area contributed by atoms with E-state index in [0.29, 0.717) is 31.8 Å². The number of rotatable bonds is 13. The second kappa shape index (κ2) is 14.0. The number of nitrogens with one attached hydrogen (secondary N) is 2. The van der Waals surface area contributed by atoms with Crippen molar-refractivity contribution in [1.29, 1.82) is 0 Å². The molecule has 2 aromatic heterocycles. The number of anilines is 2. The van der Waals surface area contributed by atoms with Gasteiger partial charge in [-0.1, -0.05) is 11.2 Å². The Morgan fingerprint density at radius 2 is 2.11 bits per heavy atom. The number of amides is 2. The number of carbonyl (C=O) groups excluding carboxylic acids is 2. The molecule has 0 saturated carbocycles. The average Bonchev–Trinajstić information content (AvgIpc) is 3.46. The Hall–Kier alpha value is -3.96. The zero-order valence-electron chi connectivity index (χ0n) is 25.4. The third-order valence-corrected chi connectivity index (χ3v) is 8.55. The molecule has 16 heteroatoms. The Bertz CT molecular complexity index is 1580. The van der Waals surface area contributed by atoms with E-state index in [4.69, 9.17) is 29.5 Å². The van der Waals surface area contributed by atoms with Gasteiger partial charge in [0, 0.05) is 23.6 Å². The predicted octanol–water partition coefficient (Wildman–Crippen LogP) is 1.95. The van der Waals surface area contributed by atoms with Crippen molar-refractivity contribution in [2.75, 3.05) is 37.9 Å². The maximum atomic E-state index is 13.3. The topological polar surface area (TPSA) is 180 Å². The number of hydroxylamine groups is 2. The van der Waals surface area contributed by atoms with Crippen molar-refractivity contribution in [3.8, 4) is 16.9 Å². The van der Waals surface area contributed by atoms with E-state index in [2.05, 4.69) is 39.1 Å². The number of aromatic nitrogens is 2. The van der Waals surface area contributed by atoms with Gasteiger partial charge in [-0.25, -0.2) is 9.55 Å². The van der Waals surface area contributed by atoms with Crippen LogP contribution in [0.5, 0.6) is 5.75 Å². The largest absolute Gasteiger partial charge is 0.486 e. The van der Waals surface area contributed by atoms with E-state index in [9.17, 15) is 9.59 Å². The summed E-state index contributed by atoms with van der Waals surface area (Å²) in [7, 11) is 3.41. The first-order valence-corrected chi connectivity index (χ1v) is 15.8. The lowest BCUT2D eigenvalue weighted by atomic mass is 9.84. The number of ether oxygens (including phenoxy) is 1. The molecule has 5 rings (SSSR count). The normalized spacial score (nSPS) is 18.9. The van der Waals surface area contributed by atoms with Crippen molar-refractivity contribution in [1.82, 2.24) is 15.4 Å². The van der Waals surface area contributed by atoms with Gasteiger partial charge in [-0.15, -0.1) is 11.3 Å². The second-order valence-electron chi connectivity index (χ2n) is 11.0. The van der Waals surface area contributed by atoms with Crippen molar-refractivity contribution >= 4 is 52.1 Å². The van der Waals surface area contributed by atoms with Crippen molar-refractivity contribution in [3.05, 3.63) is 53.2 Å². The van der Waals surface area contributed by atoms with E-state index in [1.165, 1.54) is 7.11 Å². The molecule has 1 aromatic carbocycles. The summed E-state index contributed by atoms with van der Waals surface area (Å²) in [6, 6.07) is 9.40. The minimum Gasteiger partial charge on any atom is -0.486 e. The van der Waals surface area contributed by atoms with Gasteiger partial charge < -0.3 is 26.4 Å².